The highest BCUT2D eigenvalue weighted by Gasteiger charge is 2.29. The molecule has 1 amide bonds. The van der Waals surface area contributed by atoms with Crippen LogP contribution in [0.1, 0.15) is 6.92 Å². The number of carbonyl (C=O) groups excluding carboxylic acids is 1. The summed E-state index contributed by atoms with van der Waals surface area (Å²) in [7, 11) is -3.71. The first-order valence-corrected chi connectivity index (χ1v) is 11.4. The first-order chi connectivity index (χ1) is 14.2. The Hall–Kier alpha value is -3.03. The Balaban J connectivity index is 1.62. The second-order valence-electron chi connectivity index (χ2n) is 7.01. The van der Waals surface area contributed by atoms with Crippen LogP contribution in [0.15, 0.2) is 71.1 Å². The zero-order valence-electron chi connectivity index (χ0n) is 16.3. The molecule has 0 radical (unpaired) electrons. The predicted molar refractivity (Wildman–Crippen MR) is 121 cm³/mol. The van der Waals surface area contributed by atoms with E-state index < -0.39 is 22.0 Å². The van der Waals surface area contributed by atoms with Crippen LogP contribution in [0.5, 0.6) is 0 Å². The van der Waals surface area contributed by atoms with Gasteiger partial charge in [0.1, 0.15) is 17.2 Å². The molecule has 1 aromatic heterocycles. The second-order valence-corrected chi connectivity index (χ2v) is 9.31. The fourth-order valence-corrected chi connectivity index (χ4v) is 4.75. The van der Waals surface area contributed by atoms with Gasteiger partial charge >= 0.3 is 0 Å². The van der Waals surface area contributed by atoms with Gasteiger partial charge < -0.3 is 9.73 Å². The molecule has 0 fully saturated rings. The fraction of sp³-hybridized carbons (Fsp3) is 0.136. The Kier molecular flexibility index (Phi) is 5.17. The summed E-state index contributed by atoms with van der Waals surface area (Å²) >= 11 is 5.90. The summed E-state index contributed by atoms with van der Waals surface area (Å²) in [6.45, 7) is 1.53. The summed E-state index contributed by atoms with van der Waals surface area (Å²) in [6, 6.07) is 18.4. The topological polar surface area (TPSA) is 79.6 Å². The van der Waals surface area contributed by atoms with E-state index in [1.54, 1.807) is 36.4 Å². The maximum Gasteiger partial charge on any atom is 0.247 e. The van der Waals surface area contributed by atoms with Crippen LogP contribution >= 0.6 is 11.6 Å². The average molecular weight is 443 g/mol. The summed E-state index contributed by atoms with van der Waals surface area (Å²) in [5.74, 6) is -0.467. The lowest BCUT2D eigenvalue weighted by Crippen LogP contribution is -2.45. The molecule has 1 heterocycles. The van der Waals surface area contributed by atoms with E-state index in [9.17, 15) is 13.2 Å². The molecule has 0 saturated carbocycles. The van der Waals surface area contributed by atoms with Gasteiger partial charge in [0.05, 0.1) is 11.9 Å². The van der Waals surface area contributed by atoms with Gasteiger partial charge in [0.25, 0.3) is 0 Å². The molecule has 30 heavy (non-hydrogen) atoms. The lowest BCUT2D eigenvalue weighted by molar-refractivity contribution is -0.116. The maximum atomic E-state index is 12.9. The number of anilines is 2. The van der Waals surface area contributed by atoms with Gasteiger partial charge in [0, 0.05) is 27.5 Å². The molecular weight excluding hydrogens is 424 g/mol. The first-order valence-electron chi connectivity index (χ1n) is 9.21. The zero-order chi connectivity index (χ0) is 21.5. The lowest BCUT2D eigenvalue weighted by atomic mass is 10.1. The third-order valence-corrected chi connectivity index (χ3v) is 6.31. The lowest BCUT2D eigenvalue weighted by Gasteiger charge is -2.28. The molecule has 0 bridgehead atoms. The van der Waals surface area contributed by atoms with Gasteiger partial charge in [0.15, 0.2) is 0 Å². The van der Waals surface area contributed by atoms with Gasteiger partial charge in [-0.05, 0) is 49.4 Å². The molecule has 1 atom stereocenters. The molecule has 1 unspecified atom stereocenters. The van der Waals surface area contributed by atoms with Crippen molar-refractivity contribution < 1.29 is 17.6 Å². The third kappa shape index (κ3) is 3.86. The average Bonchev–Trinajstić information content (AvgIpc) is 3.06. The van der Waals surface area contributed by atoms with Crippen molar-refractivity contribution in [1.29, 1.82) is 0 Å². The van der Waals surface area contributed by atoms with Crippen LogP contribution in [0.25, 0.3) is 21.9 Å². The van der Waals surface area contributed by atoms with Gasteiger partial charge in [-0.1, -0.05) is 29.8 Å². The molecule has 154 valence electrons. The minimum absolute atomic E-state index is 0.359. The Labute approximate surface area is 179 Å². The van der Waals surface area contributed by atoms with Crippen LogP contribution in [0, 0.1) is 0 Å². The van der Waals surface area contributed by atoms with Gasteiger partial charge in [0.2, 0.25) is 15.9 Å². The van der Waals surface area contributed by atoms with Gasteiger partial charge in [-0.3, -0.25) is 9.10 Å². The molecule has 0 aliphatic carbocycles. The van der Waals surface area contributed by atoms with E-state index in [1.165, 1.54) is 6.92 Å². The Bertz CT molecular complexity index is 1350. The number of nitrogens with zero attached hydrogens (tertiary/aromatic N) is 1. The maximum absolute atomic E-state index is 12.9. The highest BCUT2D eigenvalue weighted by Crippen LogP contribution is 2.30. The zero-order valence-corrected chi connectivity index (χ0v) is 17.9. The molecule has 4 aromatic rings. The number of rotatable bonds is 5. The van der Waals surface area contributed by atoms with Gasteiger partial charge in [-0.15, -0.1) is 0 Å². The molecule has 0 spiro atoms. The third-order valence-electron chi connectivity index (χ3n) is 4.82. The van der Waals surface area contributed by atoms with Crippen LogP contribution in [-0.4, -0.2) is 26.6 Å². The number of furan rings is 1. The van der Waals surface area contributed by atoms with Crippen LogP contribution < -0.4 is 9.62 Å². The Morgan fingerprint density at radius 1 is 1.00 bits per heavy atom. The fourth-order valence-electron chi connectivity index (χ4n) is 3.45. The summed E-state index contributed by atoms with van der Waals surface area (Å²) < 4.78 is 31.7. The van der Waals surface area contributed by atoms with E-state index in [0.717, 1.165) is 26.9 Å². The number of para-hydroxylation sites is 1. The van der Waals surface area contributed by atoms with E-state index >= 15 is 0 Å². The van der Waals surface area contributed by atoms with Crippen molar-refractivity contribution >= 4 is 60.8 Å². The number of fused-ring (bicyclic) bond motifs is 3. The molecule has 6 nitrogen and oxygen atoms in total. The van der Waals surface area contributed by atoms with E-state index in [2.05, 4.69) is 5.32 Å². The molecule has 0 aliphatic heterocycles. The molecule has 0 saturated heterocycles. The van der Waals surface area contributed by atoms with Crippen molar-refractivity contribution in [2.45, 2.75) is 13.0 Å². The number of carbonyl (C=O) groups is 1. The summed E-state index contributed by atoms with van der Waals surface area (Å²) in [5, 5.41) is 5.19. The number of benzene rings is 3. The monoisotopic (exact) mass is 442 g/mol. The van der Waals surface area contributed by atoms with Crippen LogP contribution in [-0.2, 0) is 14.8 Å². The SMILES string of the molecule is CC(C(=O)Nc1ccc2c(c1)oc1ccccc12)N(c1ccc(Cl)cc1)S(C)(=O)=O. The highest BCUT2D eigenvalue weighted by molar-refractivity contribution is 7.92. The number of halogens is 1. The summed E-state index contributed by atoms with van der Waals surface area (Å²) in [6.07, 6.45) is 1.06. The number of hydrogen-bond donors (Lipinski definition) is 1. The smallest absolute Gasteiger partial charge is 0.247 e. The van der Waals surface area contributed by atoms with Crippen molar-refractivity contribution in [2.75, 3.05) is 15.9 Å². The molecule has 4 rings (SSSR count). The van der Waals surface area contributed by atoms with Crippen molar-refractivity contribution in [1.82, 2.24) is 0 Å². The largest absolute Gasteiger partial charge is 0.456 e. The molecular formula is C22H19ClN2O4S. The highest BCUT2D eigenvalue weighted by atomic mass is 35.5. The Morgan fingerprint density at radius 3 is 2.37 bits per heavy atom. The van der Waals surface area contributed by atoms with Crippen molar-refractivity contribution in [3.8, 4) is 0 Å². The minimum Gasteiger partial charge on any atom is -0.456 e. The van der Waals surface area contributed by atoms with Crippen molar-refractivity contribution in [2.24, 2.45) is 0 Å². The normalized spacial score (nSPS) is 12.8. The van der Waals surface area contributed by atoms with Gasteiger partial charge in [-0.2, -0.15) is 0 Å². The predicted octanol–water partition coefficient (Wildman–Crippen LogP) is 5.03. The van der Waals surface area contributed by atoms with Crippen LogP contribution in [0.4, 0.5) is 11.4 Å². The number of amides is 1. The summed E-state index contributed by atoms with van der Waals surface area (Å²) in [5.41, 5.74) is 2.27. The van der Waals surface area contributed by atoms with Crippen molar-refractivity contribution in [3.05, 3.63) is 71.8 Å². The number of hydrogen-bond acceptors (Lipinski definition) is 4. The van der Waals surface area contributed by atoms with Crippen molar-refractivity contribution in [3.63, 3.8) is 0 Å². The van der Waals surface area contributed by atoms with E-state index in [0.29, 0.717) is 22.0 Å². The molecule has 1 N–H and O–H groups in total. The summed E-state index contributed by atoms with van der Waals surface area (Å²) in [4.78, 5) is 12.9. The minimum atomic E-state index is -3.71. The van der Waals surface area contributed by atoms with Gasteiger partial charge in [-0.25, -0.2) is 8.42 Å². The van der Waals surface area contributed by atoms with E-state index in [4.69, 9.17) is 16.0 Å². The second kappa shape index (κ2) is 7.66. The number of sulfonamides is 1. The number of nitrogens with one attached hydrogen (secondary N) is 1. The van der Waals surface area contributed by atoms with Crippen LogP contribution in [0.3, 0.4) is 0 Å². The van der Waals surface area contributed by atoms with E-state index in [-0.39, 0.29) is 0 Å². The van der Waals surface area contributed by atoms with Crippen LogP contribution in [0.2, 0.25) is 5.02 Å². The molecule has 0 aliphatic rings. The standard InChI is InChI=1S/C22H19ClN2O4S/c1-14(25(30(2,27)28)17-10-7-15(23)8-11-17)22(26)24-16-9-12-19-18-5-3-4-6-20(18)29-21(19)13-16/h3-14H,1-2H3,(H,24,26). The molecule has 8 heteroatoms. The Morgan fingerprint density at radius 2 is 1.67 bits per heavy atom. The van der Waals surface area contributed by atoms with E-state index in [1.807, 2.05) is 30.3 Å². The first kappa shape index (κ1) is 20.3. The quantitative estimate of drug-likeness (QED) is 0.470. The molecule has 3 aromatic carbocycles.